The second kappa shape index (κ2) is 6.25. The SMILES string of the molecule is Cl.O=C(O)CCNc1ccccn1. The first kappa shape index (κ1) is 11.7. The van der Waals surface area contributed by atoms with Crippen molar-refractivity contribution in [3.63, 3.8) is 0 Å². The van der Waals surface area contributed by atoms with Gasteiger partial charge in [0.1, 0.15) is 5.82 Å². The lowest BCUT2D eigenvalue weighted by Gasteiger charge is -2.01. The Morgan fingerprint density at radius 1 is 1.54 bits per heavy atom. The molecular formula is C8H11ClN2O2. The van der Waals surface area contributed by atoms with Gasteiger partial charge in [-0.25, -0.2) is 4.98 Å². The molecule has 0 aliphatic carbocycles. The Bertz CT molecular complexity index is 254. The van der Waals surface area contributed by atoms with Crippen molar-refractivity contribution in [2.24, 2.45) is 0 Å². The number of carboxylic acid groups (broad SMARTS) is 1. The van der Waals surface area contributed by atoms with Crippen LogP contribution in [0.5, 0.6) is 0 Å². The maximum Gasteiger partial charge on any atom is 0.305 e. The summed E-state index contributed by atoms with van der Waals surface area (Å²) in [6.45, 7) is 0.409. The minimum absolute atomic E-state index is 0. The number of nitrogens with zero attached hydrogens (tertiary/aromatic N) is 1. The number of anilines is 1. The fourth-order valence-corrected chi connectivity index (χ4v) is 0.765. The molecule has 0 radical (unpaired) electrons. The molecule has 0 amide bonds. The van der Waals surface area contributed by atoms with E-state index in [2.05, 4.69) is 10.3 Å². The summed E-state index contributed by atoms with van der Waals surface area (Å²) in [4.78, 5) is 14.1. The molecule has 2 N–H and O–H groups in total. The summed E-state index contributed by atoms with van der Waals surface area (Å²) >= 11 is 0. The molecule has 0 aromatic carbocycles. The van der Waals surface area contributed by atoms with Crippen LogP contribution in [0.3, 0.4) is 0 Å². The van der Waals surface area contributed by atoms with Gasteiger partial charge in [-0.3, -0.25) is 4.79 Å². The summed E-state index contributed by atoms with van der Waals surface area (Å²) in [5.41, 5.74) is 0. The zero-order valence-corrected chi connectivity index (χ0v) is 7.75. The highest BCUT2D eigenvalue weighted by molar-refractivity contribution is 5.85. The summed E-state index contributed by atoms with van der Waals surface area (Å²) in [7, 11) is 0. The molecule has 0 aliphatic rings. The van der Waals surface area contributed by atoms with Gasteiger partial charge in [0.2, 0.25) is 0 Å². The highest BCUT2D eigenvalue weighted by atomic mass is 35.5. The zero-order valence-electron chi connectivity index (χ0n) is 6.93. The third-order valence-electron chi connectivity index (χ3n) is 1.31. The number of nitrogens with one attached hydrogen (secondary N) is 1. The molecule has 0 atom stereocenters. The molecule has 0 unspecified atom stereocenters. The van der Waals surface area contributed by atoms with Crippen LogP contribution in [0.2, 0.25) is 0 Å². The predicted octanol–water partition coefficient (Wildman–Crippen LogP) is 1.39. The highest BCUT2D eigenvalue weighted by Crippen LogP contribution is 1.98. The maximum absolute atomic E-state index is 10.1. The summed E-state index contributed by atoms with van der Waals surface area (Å²) in [6.07, 6.45) is 1.76. The van der Waals surface area contributed by atoms with Crippen molar-refractivity contribution in [1.29, 1.82) is 0 Å². The maximum atomic E-state index is 10.1. The third kappa shape index (κ3) is 5.03. The van der Waals surface area contributed by atoms with Crippen LogP contribution in [0.1, 0.15) is 6.42 Å². The van der Waals surface area contributed by atoms with E-state index in [-0.39, 0.29) is 18.8 Å². The van der Waals surface area contributed by atoms with E-state index in [9.17, 15) is 4.79 Å². The summed E-state index contributed by atoms with van der Waals surface area (Å²) in [5.74, 6) is -0.0998. The van der Waals surface area contributed by atoms with Gasteiger partial charge in [0, 0.05) is 12.7 Å². The predicted molar refractivity (Wildman–Crippen MR) is 52.2 cm³/mol. The number of rotatable bonds is 4. The van der Waals surface area contributed by atoms with Crippen LogP contribution in [0.4, 0.5) is 5.82 Å². The number of hydrogen-bond donors (Lipinski definition) is 2. The van der Waals surface area contributed by atoms with Crippen LogP contribution < -0.4 is 5.32 Å². The van der Waals surface area contributed by atoms with Crippen molar-refractivity contribution in [3.05, 3.63) is 24.4 Å². The summed E-state index contributed by atoms with van der Waals surface area (Å²) in [6, 6.07) is 5.44. The molecule has 72 valence electrons. The Kier molecular flexibility index (Phi) is 5.63. The lowest BCUT2D eigenvalue weighted by atomic mass is 10.4. The van der Waals surface area contributed by atoms with Crippen LogP contribution in [-0.2, 0) is 4.79 Å². The number of aromatic nitrogens is 1. The first-order valence-electron chi connectivity index (χ1n) is 3.66. The Balaban J connectivity index is 0.00000144. The molecule has 1 aromatic rings. The van der Waals surface area contributed by atoms with Crippen LogP contribution in [0.25, 0.3) is 0 Å². The van der Waals surface area contributed by atoms with Gasteiger partial charge in [-0.05, 0) is 12.1 Å². The smallest absolute Gasteiger partial charge is 0.305 e. The van der Waals surface area contributed by atoms with Crippen molar-refractivity contribution in [3.8, 4) is 0 Å². The van der Waals surface area contributed by atoms with E-state index in [1.54, 1.807) is 12.3 Å². The molecule has 0 saturated carbocycles. The minimum atomic E-state index is -0.807. The van der Waals surface area contributed by atoms with Crippen molar-refractivity contribution >= 4 is 24.2 Å². The second-order valence-corrected chi connectivity index (χ2v) is 2.29. The average Bonchev–Trinajstić information content (AvgIpc) is 2.05. The van der Waals surface area contributed by atoms with E-state index in [0.717, 1.165) is 0 Å². The molecule has 1 aromatic heterocycles. The van der Waals surface area contributed by atoms with Crippen LogP contribution in [0.15, 0.2) is 24.4 Å². The molecule has 0 fully saturated rings. The van der Waals surface area contributed by atoms with Crippen LogP contribution in [0, 0.1) is 0 Å². The van der Waals surface area contributed by atoms with Gasteiger partial charge in [0.05, 0.1) is 6.42 Å². The summed E-state index contributed by atoms with van der Waals surface area (Å²) in [5, 5.41) is 11.2. The molecule has 0 aliphatic heterocycles. The quantitative estimate of drug-likeness (QED) is 0.775. The fraction of sp³-hybridized carbons (Fsp3) is 0.250. The number of pyridine rings is 1. The van der Waals surface area contributed by atoms with E-state index >= 15 is 0 Å². The van der Waals surface area contributed by atoms with Gasteiger partial charge in [-0.1, -0.05) is 6.07 Å². The van der Waals surface area contributed by atoms with Gasteiger partial charge in [0.25, 0.3) is 0 Å². The number of aliphatic carboxylic acids is 1. The molecule has 5 heteroatoms. The topological polar surface area (TPSA) is 62.2 Å². The Morgan fingerprint density at radius 2 is 2.31 bits per heavy atom. The molecule has 13 heavy (non-hydrogen) atoms. The first-order chi connectivity index (χ1) is 5.79. The first-order valence-corrected chi connectivity index (χ1v) is 3.66. The van der Waals surface area contributed by atoms with E-state index in [0.29, 0.717) is 12.4 Å². The van der Waals surface area contributed by atoms with Gasteiger partial charge in [-0.15, -0.1) is 12.4 Å². The number of carbonyl (C=O) groups is 1. The molecule has 1 heterocycles. The standard InChI is InChI=1S/C8H10N2O2.ClH/c11-8(12)4-6-10-7-3-1-2-5-9-7;/h1-3,5H,4,6H2,(H,9,10)(H,11,12);1H. The van der Waals surface area contributed by atoms with Crippen LogP contribution in [-0.4, -0.2) is 22.6 Å². The lowest BCUT2D eigenvalue weighted by molar-refractivity contribution is -0.136. The Hall–Kier alpha value is -1.29. The highest BCUT2D eigenvalue weighted by Gasteiger charge is 1.95. The van der Waals surface area contributed by atoms with E-state index in [1.807, 2.05) is 12.1 Å². The van der Waals surface area contributed by atoms with Crippen molar-refractivity contribution in [2.45, 2.75) is 6.42 Å². The van der Waals surface area contributed by atoms with Gasteiger partial charge < -0.3 is 10.4 Å². The van der Waals surface area contributed by atoms with Crippen molar-refractivity contribution in [2.75, 3.05) is 11.9 Å². The van der Waals surface area contributed by atoms with E-state index in [4.69, 9.17) is 5.11 Å². The molecule has 0 saturated heterocycles. The Labute approximate surface area is 82.4 Å². The van der Waals surface area contributed by atoms with Gasteiger partial charge in [0.15, 0.2) is 0 Å². The number of hydrogen-bond acceptors (Lipinski definition) is 3. The number of halogens is 1. The van der Waals surface area contributed by atoms with E-state index in [1.165, 1.54) is 0 Å². The molecule has 1 rings (SSSR count). The summed E-state index contributed by atoms with van der Waals surface area (Å²) < 4.78 is 0. The Morgan fingerprint density at radius 3 is 2.85 bits per heavy atom. The molecule has 0 spiro atoms. The monoisotopic (exact) mass is 202 g/mol. The van der Waals surface area contributed by atoms with Crippen LogP contribution >= 0.6 is 12.4 Å². The molecule has 0 bridgehead atoms. The third-order valence-corrected chi connectivity index (χ3v) is 1.31. The van der Waals surface area contributed by atoms with Crippen molar-refractivity contribution in [1.82, 2.24) is 4.98 Å². The zero-order chi connectivity index (χ0) is 8.81. The average molecular weight is 203 g/mol. The second-order valence-electron chi connectivity index (χ2n) is 2.29. The molecular weight excluding hydrogens is 192 g/mol. The van der Waals surface area contributed by atoms with E-state index < -0.39 is 5.97 Å². The fourth-order valence-electron chi connectivity index (χ4n) is 0.765. The number of carboxylic acids is 1. The molecule has 4 nitrogen and oxygen atoms in total. The van der Waals surface area contributed by atoms with Crippen molar-refractivity contribution < 1.29 is 9.90 Å². The normalized spacial score (nSPS) is 8.62. The lowest BCUT2D eigenvalue weighted by Crippen LogP contribution is -2.08. The minimum Gasteiger partial charge on any atom is -0.481 e. The van der Waals surface area contributed by atoms with Gasteiger partial charge >= 0.3 is 5.97 Å². The van der Waals surface area contributed by atoms with Gasteiger partial charge in [-0.2, -0.15) is 0 Å². The largest absolute Gasteiger partial charge is 0.481 e.